The van der Waals surface area contributed by atoms with Gasteiger partial charge in [-0.2, -0.15) is 0 Å². The fraction of sp³-hybridized carbons (Fsp3) is 0.400. The van der Waals surface area contributed by atoms with Crippen LogP contribution in [-0.4, -0.2) is 30.7 Å². The Morgan fingerprint density at radius 2 is 1.87 bits per heavy atom. The number of hydrogen-bond donors (Lipinski definition) is 1. The fourth-order valence-corrected chi connectivity index (χ4v) is 2.32. The Kier molecular flexibility index (Phi) is 3.14. The lowest BCUT2D eigenvalue weighted by Gasteiger charge is -2.10. The molecule has 0 saturated carbocycles. The second-order valence-electron chi connectivity index (χ2n) is 3.55. The predicted octanol–water partition coefficient (Wildman–Crippen LogP) is 1.54. The molecule has 0 aliphatic heterocycles. The van der Waals surface area contributed by atoms with Crippen LogP contribution in [0.25, 0.3) is 0 Å². The first-order chi connectivity index (χ1) is 6.86. The molecule has 2 N–H and O–H groups in total. The van der Waals surface area contributed by atoms with Gasteiger partial charge in [-0.05, 0) is 19.4 Å². The van der Waals surface area contributed by atoms with Gasteiger partial charge < -0.3 is 10.6 Å². The number of ketones is 1. The van der Waals surface area contributed by atoms with E-state index >= 15 is 0 Å². The van der Waals surface area contributed by atoms with E-state index in [0.717, 1.165) is 0 Å². The van der Waals surface area contributed by atoms with Gasteiger partial charge in [0.15, 0.2) is 5.78 Å². The molecule has 1 rings (SSSR count). The van der Waals surface area contributed by atoms with E-state index in [4.69, 9.17) is 5.73 Å². The number of nitrogen functional groups attached to an aromatic ring is 1. The van der Waals surface area contributed by atoms with Crippen molar-refractivity contribution in [2.24, 2.45) is 0 Å². The minimum atomic E-state index is -0.159. The normalized spacial score (nSPS) is 10.1. The van der Waals surface area contributed by atoms with Crippen molar-refractivity contribution in [3.8, 4) is 0 Å². The van der Waals surface area contributed by atoms with E-state index in [9.17, 15) is 9.59 Å². The van der Waals surface area contributed by atoms with Gasteiger partial charge in [0, 0.05) is 14.1 Å². The van der Waals surface area contributed by atoms with Crippen molar-refractivity contribution in [3.05, 3.63) is 16.0 Å². The minimum absolute atomic E-state index is 0.0537. The summed E-state index contributed by atoms with van der Waals surface area (Å²) in [7, 11) is 3.32. The number of nitrogens with two attached hydrogens (primary N) is 1. The third kappa shape index (κ3) is 2.02. The molecule has 0 aromatic carbocycles. The van der Waals surface area contributed by atoms with E-state index in [2.05, 4.69) is 0 Å². The average molecular weight is 226 g/mol. The molecule has 1 heterocycles. The van der Waals surface area contributed by atoms with Crippen molar-refractivity contribution < 1.29 is 9.59 Å². The summed E-state index contributed by atoms with van der Waals surface area (Å²) in [6.07, 6.45) is 0. The quantitative estimate of drug-likeness (QED) is 0.778. The maximum absolute atomic E-state index is 11.8. The largest absolute Gasteiger partial charge is 0.390 e. The number of carbonyl (C=O) groups excluding carboxylic acids is 2. The average Bonchev–Trinajstić information content (AvgIpc) is 2.41. The van der Waals surface area contributed by atoms with Crippen molar-refractivity contribution >= 4 is 28.0 Å². The molecular weight excluding hydrogens is 212 g/mol. The lowest BCUT2D eigenvalue weighted by molar-refractivity contribution is 0.0828. The maximum atomic E-state index is 11.8. The number of thiophene rings is 1. The molecule has 1 aromatic heterocycles. The van der Waals surface area contributed by atoms with Crippen LogP contribution < -0.4 is 5.73 Å². The van der Waals surface area contributed by atoms with Crippen molar-refractivity contribution in [2.45, 2.75) is 13.8 Å². The highest BCUT2D eigenvalue weighted by atomic mass is 32.1. The Bertz CT molecular complexity index is 421. The zero-order valence-electron chi connectivity index (χ0n) is 9.25. The summed E-state index contributed by atoms with van der Waals surface area (Å²) in [5.41, 5.74) is 6.88. The smallest absolute Gasteiger partial charge is 0.256 e. The second kappa shape index (κ2) is 4.02. The zero-order chi connectivity index (χ0) is 11.7. The lowest BCUT2D eigenvalue weighted by Crippen LogP contribution is -2.22. The maximum Gasteiger partial charge on any atom is 0.256 e. The van der Waals surface area contributed by atoms with Gasteiger partial charge in [-0.25, -0.2) is 0 Å². The van der Waals surface area contributed by atoms with Crippen LogP contribution in [0.15, 0.2) is 0 Å². The first-order valence-corrected chi connectivity index (χ1v) is 5.29. The summed E-state index contributed by atoms with van der Waals surface area (Å²) in [6, 6.07) is 0. The number of rotatable bonds is 2. The fourth-order valence-electron chi connectivity index (χ4n) is 1.36. The molecule has 0 atom stereocenters. The number of amides is 1. The van der Waals surface area contributed by atoms with E-state index in [1.165, 1.54) is 23.2 Å². The first kappa shape index (κ1) is 11.7. The molecule has 0 bridgehead atoms. The summed E-state index contributed by atoms with van der Waals surface area (Å²) in [6.45, 7) is 3.22. The molecule has 0 aliphatic rings. The Labute approximate surface area is 92.7 Å². The van der Waals surface area contributed by atoms with Crippen molar-refractivity contribution in [3.63, 3.8) is 0 Å². The Balaban J connectivity index is 3.31. The molecule has 0 fully saturated rings. The molecular formula is C10H14N2O2S. The zero-order valence-corrected chi connectivity index (χ0v) is 10.1. The van der Waals surface area contributed by atoms with Gasteiger partial charge in [-0.15, -0.1) is 11.3 Å². The summed E-state index contributed by atoms with van der Waals surface area (Å²) >= 11 is 1.18. The van der Waals surface area contributed by atoms with E-state index in [1.54, 1.807) is 21.0 Å². The Morgan fingerprint density at radius 1 is 1.33 bits per heavy atom. The number of carbonyl (C=O) groups is 2. The molecule has 5 heteroatoms. The number of hydrogen-bond acceptors (Lipinski definition) is 4. The van der Waals surface area contributed by atoms with Crippen LogP contribution in [-0.2, 0) is 0 Å². The molecule has 0 radical (unpaired) electrons. The Morgan fingerprint density at radius 3 is 2.20 bits per heavy atom. The predicted molar refractivity (Wildman–Crippen MR) is 61.5 cm³/mol. The lowest BCUT2D eigenvalue weighted by atomic mass is 10.1. The van der Waals surface area contributed by atoms with Crippen molar-refractivity contribution in [1.29, 1.82) is 0 Å². The minimum Gasteiger partial charge on any atom is -0.390 e. The second-order valence-corrected chi connectivity index (χ2v) is 4.60. The van der Waals surface area contributed by atoms with Crippen LogP contribution in [0.4, 0.5) is 5.00 Å². The van der Waals surface area contributed by atoms with Gasteiger partial charge in [0.1, 0.15) is 0 Å². The number of nitrogens with zero attached hydrogens (tertiary/aromatic N) is 1. The number of Topliss-reactive ketones (excluding diaryl/α,β-unsaturated/α-hetero) is 1. The van der Waals surface area contributed by atoms with E-state index in [0.29, 0.717) is 21.0 Å². The third-order valence-electron chi connectivity index (χ3n) is 2.11. The molecule has 4 nitrogen and oxygen atoms in total. The van der Waals surface area contributed by atoms with Gasteiger partial charge >= 0.3 is 0 Å². The summed E-state index contributed by atoms with van der Waals surface area (Å²) in [5, 5.41) is 0.413. The monoisotopic (exact) mass is 226 g/mol. The van der Waals surface area contributed by atoms with Crippen LogP contribution in [0.3, 0.4) is 0 Å². The summed E-state index contributed by atoms with van der Waals surface area (Å²) in [5.74, 6) is -0.212. The van der Waals surface area contributed by atoms with E-state index < -0.39 is 0 Å². The highest BCUT2D eigenvalue weighted by molar-refractivity contribution is 7.18. The van der Waals surface area contributed by atoms with Crippen LogP contribution in [0.1, 0.15) is 32.5 Å². The Hall–Kier alpha value is -1.36. The van der Waals surface area contributed by atoms with Crippen LogP contribution in [0, 0.1) is 6.92 Å². The van der Waals surface area contributed by atoms with Gasteiger partial charge in [-0.3, -0.25) is 9.59 Å². The summed E-state index contributed by atoms with van der Waals surface area (Å²) in [4.78, 5) is 25.0. The molecule has 0 saturated heterocycles. The van der Waals surface area contributed by atoms with Gasteiger partial charge in [0.2, 0.25) is 0 Å². The molecule has 0 spiro atoms. The van der Waals surface area contributed by atoms with Crippen LogP contribution >= 0.6 is 11.3 Å². The molecule has 15 heavy (non-hydrogen) atoms. The third-order valence-corrected chi connectivity index (χ3v) is 3.34. The standard InChI is InChI=1S/C10H14N2O2S/c1-5-7(10(14)12(3)4)9(11)15-8(5)6(2)13/h11H2,1-4H3. The topological polar surface area (TPSA) is 63.4 Å². The molecule has 82 valence electrons. The highest BCUT2D eigenvalue weighted by Crippen LogP contribution is 2.31. The molecule has 1 aromatic rings. The van der Waals surface area contributed by atoms with E-state index in [-0.39, 0.29) is 11.7 Å². The van der Waals surface area contributed by atoms with Gasteiger partial charge in [0.05, 0.1) is 15.4 Å². The van der Waals surface area contributed by atoms with Gasteiger partial charge in [-0.1, -0.05) is 0 Å². The summed E-state index contributed by atoms with van der Waals surface area (Å²) < 4.78 is 0. The first-order valence-electron chi connectivity index (χ1n) is 4.47. The van der Waals surface area contributed by atoms with Crippen molar-refractivity contribution in [1.82, 2.24) is 4.90 Å². The van der Waals surface area contributed by atoms with E-state index in [1.807, 2.05) is 0 Å². The molecule has 0 unspecified atom stereocenters. The molecule has 1 amide bonds. The SMILES string of the molecule is CC(=O)c1sc(N)c(C(=O)N(C)C)c1C. The van der Waals surface area contributed by atoms with Gasteiger partial charge in [0.25, 0.3) is 5.91 Å². The van der Waals surface area contributed by atoms with Crippen LogP contribution in [0.5, 0.6) is 0 Å². The van der Waals surface area contributed by atoms with Crippen LogP contribution in [0.2, 0.25) is 0 Å². The van der Waals surface area contributed by atoms with Crippen molar-refractivity contribution in [2.75, 3.05) is 19.8 Å². The number of anilines is 1. The highest BCUT2D eigenvalue weighted by Gasteiger charge is 2.22. The molecule has 0 aliphatic carbocycles.